The molecule has 0 aliphatic rings. The van der Waals surface area contributed by atoms with Crippen LogP contribution in [0.1, 0.15) is 65.4 Å². The maximum Gasteiger partial charge on any atom is 0.344 e. The summed E-state index contributed by atoms with van der Waals surface area (Å²) in [7, 11) is 0. The second-order valence-corrected chi connectivity index (χ2v) is 6.73. The summed E-state index contributed by atoms with van der Waals surface area (Å²) < 4.78 is 5.62. The number of halogens is 2. The first-order chi connectivity index (χ1) is 10.3. The number of aliphatic carboxylic acids is 1. The van der Waals surface area contributed by atoms with Crippen LogP contribution in [-0.4, -0.2) is 17.2 Å². The molecular formula is C18H28Cl2O3. The minimum Gasteiger partial charge on any atom is -0.479 e. The van der Waals surface area contributed by atoms with Gasteiger partial charge < -0.3 is 9.84 Å². The van der Waals surface area contributed by atoms with Crippen molar-refractivity contribution in [2.45, 2.75) is 71.3 Å². The lowest BCUT2D eigenvalue weighted by Crippen LogP contribution is -2.27. The molecule has 0 spiro atoms. The van der Waals surface area contributed by atoms with E-state index in [2.05, 4.69) is 27.7 Å². The van der Waals surface area contributed by atoms with Crippen LogP contribution in [0.15, 0.2) is 18.2 Å². The molecule has 0 bridgehead atoms. The third-order valence-electron chi connectivity index (χ3n) is 4.21. The largest absolute Gasteiger partial charge is 0.479 e. The van der Waals surface area contributed by atoms with Crippen molar-refractivity contribution >= 4 is 30.0 Å². The molecule has 1 unspecified atom stereocenters. The van der Waals surface area contributed by atoms with E-state index >= 15 is 0 Å². The van der Waals surface area contributed by atoms with E-state index in [0.29, 0.717) is 17.2 Å². The van der Waals surface area contributed by atoms with Gasteiger partial charge in [-0.1, -0.05) is 58.2 Å². The molecular weight excluding hydrogens is 335 g/mol. The molecule has 5 heteroatoms. The zero-order valence-corrected chi connectivity index (χ0v) is 16.0. The van der Waals surface area contributed by atoms with Gasteiger partial charge in [0.25, 0.3) is 0 Å². The lowest BCUT2D eigenvalue weighted by molar-refractivity contribution is -0.145. The number of benzene rings is 1. The minimum atomic E-state index is -0.940. The van der Waals surface area contributed by atoms with Crippen molar-refractivity contribution in [3.8, 4) is 5.75 Å². The highest BCUT2D eigenvalue weighted by Crippen LogP contribution is 2.33. The lowest BCUT2D eigenvalue weighted by atomic mass is 9.82. The third-order valence-corrected chi connectivity index (χ3v) is 4.51. The number of unbranched alkanes of at least 4 members (excludes halogenated alkanes) is 2. The van der Waals surface area contributed by atoms with Crippen LogP contribution in [0, 0.1) is 0 Å². The smallest absolute Gasteiger partial charge is 0.344 e. The summed E-state index contributed by atoms with van der Waals surface area (Å²) >= 11 is 6.28. The number of rotatable bonds is 9. The standard InChI is InChI=1S/C18H27ClO3.ClH/c1-5-7-8-9-16(17(20)21)22-15-11-10-13(12-14(15)19)18(3,4)6-2;/h10-12,16H,5-9H2,1-4H3,(H,20,21);1H. The molecule has 0 aliphatic carbocycles. The summed E-state index contributed by atoms with van der Waals surface area (Å²) in [5.74, 6) is -0.494. The third kappa shape index (κ3) is 6.60. The van der Waals surface area contributed by atoms with Gasteiger partial charge in [-0.15, -0.1) is 12.4 Å². The normalized spacial score (nSPS) is 12.4. The highest BCUT2D eigenvalue weighted by molar-refractivity contribution is 6.32. The van der Waals surface area contributed by atoms with E-state index < -0.39 is 12.1 Å². The minimum absolute atomic E-state index is 0. The summed E-state index contributed by atoms with van der Waals surface area (Å²) in [5.41, 5.74) is 1.17. The molecule has 0 aliphatic heterocycles. The van der Waals surface area contributed by atoms with Gasteiger partial charge >= 0.3 is 5.97 Å². The molecule has 0 heterocycles. The summed E-state index contributed by atoms with van der Waals surface area (Å²) in [5, 5.41) is 9.75. The summed E-state index contributed by atoms with van der Waals surface area (Å²) in [4.78, 5) is 11.3. The van der Waals surface area contributed by atoms with E-state index in [4.69, 9.17) is 16.3 Å². The van der Waals surface area contributed by atoms with E-state index in [1.165, 1.54) is 0 Å². The molecule has 0 aromatic heterocycles. The maximum atomic E-state index is 11.3. The Kier molecular flexibility index (Phi) is 9.64. The van der Waals surface area contributed by atoms with E-state index in [9.17, 15) is 9.90 Å². The Hall–Kier alpha value is -0.930. The van der Waals surface area contributed by atoms with Crippen LogP contribution in [0.3, 0.4) is 0 Å². The Morgan fingerprint density at radius 1 is 1.30 bits per heavy atom. The SMILES string of the molecule is CCCCCC(Oc1ccc(C(C)(C)CC)cc1Cl)C(=O)O.Cl. The van der Waals surface area contributed by atoms with E-state index in [1.54, 1.807) is 6.07 Å². The fourth-order valence-electron chi connectivity index (χ4n) is 2.19. The second kappa shape index (κ2) is 10.0. The highest BCUT2D eigenvalue weighted by atomic mass is 35.5. The molecule has 1 N–H and O–H groups in total. The number of carboxylic acid groups (broad SMARTS) is 1. The molecule has 0 saturated carbocycles. The Labute approximate surface area is 150 Å². The van der Waals surface area contributed by atoms with Crippen LogP contribution in [0.2, 0.25) is 5.02 Å². The van der Waals surface area contributed by atoms with Crippen molar-refractivity contribution in [2.24, 2.45) is 0 Å². The van der Waals surface area contributed by atoms with Crippen molar-refractivity contribution < 1.29 is 14.6 Å². The van der Waals surface area contributed by atoms with Gasteiger partial charge in [-0.05, 0) is 42.4 Å². The topological polar surface area (TPSA) is 46.5 Å². The Morgan fingerprint density at radius 3 is 2.43 bits per heavy atom. The summed E-state index contributed by atoms with van der Waals surface area (Å²) in [6.07, 6.45) is 3.55. The first kappa shape index (κ1) is 22.1. The first-order valence-electron chi connectivity index (χ1n) is 8.01. The molecule has 1 atom stereocenters. The number of carbonyl (C=O) groups is 1. The zero-order valence-electron chi connectivity index (χ0n) is 14.4. The molecule has 1 aromatic rings. The Morgan fingerprint density at radius 2 is 1.96 bits per heavy atom. The molecule has 1 rings (SSSR count). The molecule has 23 heavy (non-hydrogen) atoms. The van der Waals surface area contributed by atoms with Crippen LogP contribution in [0.5, 0.6) is 5.75 Å². The van der Waals surface area contributed by atoms with Gasteiger partial charge in [0, 0.05) is 0 Å². The van der Waals surface area contributed by atoms with Crippen LogP contribution >= 0.6 is 24.0 Å². The van der Waals surface area contributed by atoms with Crippen molar-refractivity contribution in [3.63, 3.8) is 0 Å². The van der Waals surface area contributed by atoms with Crippen molar-refractivity contribution in [2.75, 3.05) is 0 Å². The van der Waals surface area contributed by atoms with Crippen molar-refractivity contribution in [1.29, 1.82) is 0 Å². The van der Waals surface area contributed by atoms with Crippen molar-refractivity contribution in [3.05, 3.63) is 28.8 Å². The molecule has 132 valence electrons. The van der Waals surface area contributed by atoms with Crippen LogP contribution < -0.4 is 4.74 Å². The van der Waals surface area contributed by atoms with Gasteiger partial charge in [0.1, 0.15) is 5.75 Å². The van der Waals surface area contributed by atoms with Crippen LogP contribution in [0.25, 0.3) is 0 Å². The average molecular weight is 363 g/mol. The fraction of sp³-hybridized carbons (Fsp3) is 0.611. The molecule has 0 amide bonds. The second-order valence-electron chi connectivity index (χ2n) is 6.32. The maximum absolute atomic E-state index is 11.3. The van der Waals surface area contributed by atoms with E-state index in [0.717, 1.165) is 31.2 Å². The van der Waals surface area contributed by atoms with Gasteiger partial charge in [0.2, 0.25) is 0 Å². The quantitative estimate of drug-likeness (QED) is 0.559. The zero-order chi connectivity index (χ0) is 16.8. The van der Waals surface area contributed by atoms with Gasteiger partial charge in [0.15, 0.2) is 6.10 Å². The molecule has 0 radical (unpaired) electrons. The summed E-state index contributed by atoms with van der Waals surface area (Å²) in [6.45, 7) is 8.53. The number of carboxylic acids is 1. The number of hydrogen-bond donors (Lipinski definition) is 1. The number of ether oxygens (including phenoxy) is 1. The van der Waals surface area contributed by atoms with Gasteiger partial charge in [-0.2, -0.15) is 0 Å². The predicted molar refractivity (Wildman–Crippen MR) is 98.2 cm³/mol. The van der Waals surface area contributed by atoms with Crippen LogP contribution in [0.4, 0.5) is 0 Å². The fourth-order valence-corrected chi connectivity index (χ4v) is 2.41. The molecule has 3 nitrogen and oxygen atoms in total. The summed E-state index contributed by atoms with van der Waals surface area (Å²) in [6, 6.07) is 5.63. The highest BCUT2D eigenvalue weighted by Gasteiger charge is 2.22. The Bertz CT molecular complexity index is 501. The predicted octanol–water partition coefficient (Wildman–Crippen LogP) is 5.86. The van der Waals surface area contributed by atoms with Crippen molar-refractivity contribution in [1.82, 2.24) is 0 Å². The van der Waals surface area contributed by atoms with Crippen LogP contribution in [-0.2, 0) is 10.2 Å². The molecule has 0 fully saturated rings. The first-order valence-corrected chi connectivity index (χ1v) is 8.39. The van der Waals surface area contributed by atoms with Gasteiger partial charge in [-0.3, -0.25) is 0 Å². The van der Waals surface area contributed by atoms with Gasteiger partial charge in [-0.25, -0.2) is 4.79 Å². The monoisotopic (exact) mass is 362 g/mol. The van der Waals surface area contributed by atoms with Gasteiger partial charge in [0.05, 0.1) is 5.02 Å². The van der Waals surface area contributed by atoms with E-state index in [1.807, 2.05) is 12.1 Å². The molecule has 0 saturated heterocycles. The van der Waals surface area contributed by atoms with E-state index in [-0.39, 0.29) is 17.8 Å². The number of hydrogen-bond acceptors (Lipinski definition) is 2. The average Bonchev–Trinajstić information content (AvgIpc) is 2.47. The lowest BCUT2D eigenvalue weighted by Gasteiger charge is -2.24. The Balaban J connectivity index is 0.00000484. The molecule has 1 aromatic carbocycles.